The number of nitrogens with zero attached hydrogens (tertiary/aromatic N) is 3. The molecule has 0 unspecified atom stereocenters. The minimum atomic E-state index is -0.208. The zero-order chi connectivity index (χ0) is 16.9. The molecule has 1 aromatic rings. The fourth-order valence-electron chi connectivity index (χ4n) is 3.60. The van der Waals surface area contributed by atoms with Gasteiger partial charge in [-0.1, -0.05) is 19.3 Å². The molecule has 6 nitrogen and oxygen atoms in total. The molecule has 2 heterocycles. The molecule has 132 valence electrons. The van der Waals surface area contributed by atoms with E-state index in [1.807, 2.05) is 17.2 Å². The maximum Gasteiger partial charge on any atom is 0.243 e. The van der Waals surface area contributed by atoms with Crippen LogP contribution in [0.4, 0.5) is 5.13 Å². The van der Waals surface area contributed by atoms with E-state index in [9.17, 15) is 9.59 Å². The van der Waals surface area contributed by atoms with Crippen LogP contribution in [0.15, 0.2) is 11.6 Å². The Morgan fingerprint density at radius 2 is 1.92 bits per heavy atom. The van der Waals surface area contributed by atoms with Crippen molar-refractivity contribution in [2.45, 2.75) is 45.1 Å². The first kappa shape index (κ1) is 17.4. The summed E-state index contributed by atoms with van der Waals surface area (Å²) in [4.78, 5) is 33.1. The topological polar surface area (TPSA) is 65.5 Å². The normalized spacial score (nSPS) is 21.5. The van der Waals surface area contributed by atoms with Gasteiger partial charge in [-0.2, -0.15) is 0 Å². The fourth-order valence-corrected chi connectivity index (χ4v) is 4.13. The minimum absolute atomic E-state index is 0.0305. The van der Waals surface area contributed by atoms with E-state index in [2.05, 4.69) is 15.2 Å². The summed E-state index contributed by atoms with van der Waals surface area (Å²) in [5.74, 6) is 0.530. The molecular formula is C17H26N4O2S. The number of hydrogen-bond acceptors (Lipinski definition) is 5. The van der Waals surface area contributed by atoms with E-state index in [0.29, 0.717) is 11.0 Å². The van der Waals surface area contributed by atoms with Gasteiger partial charge in [0.1, 0.15) is 0 Å². The van der Waals surface area contributed by atoms with Gasteiger partial charge in [-0.3, -0.25) is 14.5 Å². The van der Waals surface area contributed by atoms with Gasteiger partial charge < -0.3 is 10.2 Å². The standard InChI is InChI=1S/C17H26N4O2S/c1-13(15(22)19-17-18-7-12-24-17)20-8-10-21(11-9-20)16(23)14-5-3-2-4-6-14/h7,12-14H,2-6,8-11H2,1H3,(H,18,19,22)/t13-/m1/s1. The number of amides is 2. The van der Waals surface area contributed by atoms with Gasteiger partial charge in [0.2, 0.25) is 11.8 Å². The average Bonchev–Trinajstić information content (AvgIpc) is 3.14. The number of carbonyl (C=O) groups is 2. The van der Waals surface area contributed by atoms with Gasteiger partial charge in [-0.05, 0) is 19.8 Å². The van der Waals surface area contributed by atoms with Gasteiger partial charge in [0.15, 0.2) is 5.13 Å². The maximum atomic E-state index is 12.6. The number of carbonyl (C=O) groups excluding carboxylic acids is 2. The molecule has 1 aromatic heterocycles. The van der Waals surface area contributed by atoms with E-state index >= 15 is 0 Å². The first-order valence-corrected chi connectivity index (χ1v) is 9.76. The summed E-state index contributed by atoms with van der Waals surface area (Å²) in [5, 5.41) is 5.33. The van der Waals surface area contributed by atoms with Crippen molar-refractivity contribution in [1.29, 1.82) is 0 Å². The lowest BCUT2D eigenvalue weighted by Gasteiger charge is -2.39. The highest BCUT2D eigenvalue weighted by Crippen LogP contribution is 2.26. The molecule has 1 saturated heterocycles. The zero-order valence-electron chi connectivity index (χ0n) is 14.2. The largest absolute Gasteiger partial charge is 0.340 e. The quantitative estimate of drug-likeness (QED) is 0.904. The second-order valence-electron chi connectivity index (χ2n) is 6.70. The van der Waals surface area contributed by atoms with Gasteiger partial charge in [-0.25, -0.2) is 4.98 Å². The molecule has 7 heteroatoms. The Bertz CT molecular complexity index is 549. The molecule has 0 aromatic carbocycles. The molecule has 0 bridgehead atoms. The van der Waals surface area contributed by atoms with Gasteiger partial charge in [0.25, 0.3) is 0 Å². The lowest BCUT2D eigenvalue weighted by atomic mass is 9.88. The smallest absolute Gasteiger partial charge is 0.243 e. The molecule has 0 spiro atoms. The van der Waals surface area contributed by atoms with Crippen LogP contribution >= 0.6 is 11.3 Å². The van der Waals surface area contributed by atoms with Crippen LogP contribution in [-0.2, 0) is 9.59 Å². The summed E-state index contributed by atoms with van der Waals surface area (Å²) in [5.41, 5.74) is 0. The fraction of sp³-hybridized carbons (Fsp3) is 0.706. The molecule has 2 amide bonds. The predicted molar refractivity (Wildman–Crippen MR) is 94.9 cm³/mol. The summed E-state index contributed by atoms with van der Waals surface area (Å²) >= 11 is 1.42. The molecule has 1 aliphatic carbocycles. The number of aromatic nitrogens is 1. The highest BCUT2D eigenvalue weighted by molar-refractivity contribution is 7.13. The van der Waals surface area contributed by atoms with Gasteiger partial charge >= 0.3 is 0 Å². The number of hydrogen-bond donors (Lipinski definition) is 1. The third kappa shape index (κ3) is 4.13. The summed E-state index contributed by atoms with van der Waals surface area (Å²) in [6.45, 7) is 4.88. The third-order valence-electron chi connectivity index (χ3n) is 5.17. The van der Waals surface area contributed by atoms with Gasteiger partial charge in [0, 0.05) is 43.7 Å². The summed E-state index contributed by atoms with van der Waals surface area (Å²) in [6.07, 6.45) is 7.41. The van der Waals surface area contributed by atoms with E-state index in [0.717, 1.165) is 39.0 Å². The van der Waals surface area contributed by atoms with Crippen molar-refractivity contribution in [2.24, 2.45) is 5.92 Å². The average molecular weight is 350 g/mol. The number of anilines is 1. The predicted octanol–water partition coefficient (Wildman–Crippen LogP) is 2.19. The molecule has 2 aliphatic rings. The van der Waals surface area contributed by atoms with Crippen molar-refractivity contribution in [3.05, 3.63) is 11.6 Å². The molecule has 3 rings (SSSR count). The van der Waals surface area contributed by atoms with E-state index in [1.54, 1.807) is 6.20 Å². The van der Waals surface area contributed by atoms with Gasteiger partial charge in [0.05, 0.1) is 6.04 Å². The van der Waals surface area contributed by atoms with Crippen molar-refractivity contribution in [3.63, 3.8) is 0 Å². The van der Waals surface area contributed by atoms with Crippen LogP contribution in [0.2, 0.25) is 0 Å². The highest BCUT2D eigenvalue weighted by atomic mass is 32.1. The highest BCUT2D eigenvalue weighted by Gasteiger charge is 2.31. The number of piperazine rings is 1. The summed E-state index contributed by atoms with van der Waals surface area (Å²) in [7, 11) is 0. The minimum Gasteiger partial charge on any atom is -0.340 e. The van der Waals surface area contributed by atoms with E-state index < -0.39 is 0 Å². The summed E-state index contributed by atoms with van der Waals surface area (Å²) < 4.78 is 0. The Labute approximate surface area is 147 Å². The Kier molecular flexibility index (Phi) is 5.84. The van der Waals surface area contributed by atoms with Crippen molar-refractivity contribution in [1.82, 2.24) is 14.8 Å². The Balaban J connectivity index is 1.47. The van der Waals surface area contributed by atoms with Gasteiger partial charge in [-0.15, -0.1) is 11.3 Å². The lowest BCUT2D eigenvalue weighted by Crippen LogP contribution is -2.55. The number of thiazole rings is 1. The van der Waals surface area contributed by atoms with E-state index in [4.69, 9.17) is 0 Å². The molecule has 24 heavy (non-hydrogen) atoms. The van der Waals surface area contributed by atoms with Crippen LogP contribution in [-0.4, -0.2) is 58.8 Å². The zero-order valence-corrected chi connectivity index (χ0v) is 15.1. The first-order chi connectivity index (χ1) is 11.6. The van der Waals surface area contributed by atoms with Crippen LogP contribution in [0.5, 0.6) is 0 Å². The molecule has 0 radical (unpaired) electrons. The van der Waals surface area contributed by atoms with E-state index in [1.165, 1.54) is 30.6 Å². The molecule has 1 N–H and O–H groups in total. The monoisotopic (exact) mass is 350 g/mol. The number of rotatable bonds is 4. The van der Waals surface area contributed by atoms with Crippen LogP contribution in [0.25, 0.3) is 0 Å². The van der Waals surface area contributed by atoms with Crippen molar-refractivity contribution in [2.75, 3.05) is 31.5 Å². The molecule has 1 aliphatic heterocycles. The van der Waals surface area contributed by atoms with Crippen LogP contribution in [0.1, 0.15) is 39.0 Å². The Hall–Kier alpha value is -1.47. The third-order valence-corrected chi connectivity index (χ3v) is 5.86. The molecule has 1 saturated carbocycles. The van der Waals surface area contributed by atoms with Crippen molar-refractivity contribution >= 4 is 28.3 Å². The van der Waals surface area contributed by atoms with Crippen LogP contribution in [0, 0.1) is 5.92 Å². The maximum absolute atomic E-state index is 12.6. The second kappa shape index (κ2) is 8.07. The van der Waals surface area contributed by atoms with Crippen molar-refractivity contribution < 1.29 is 9.59 Å². The van der Waals surface area contributed by atoms with Crippen LogP contribution < -0.4 is 5.32 Å². The lowest BCUT2D eigenvalue weighted by molar-refractivity contribution is -0.139. The first-order valence-electron chi connectivity index (χ1n) is 8.88. The van der Waals surface area contributed by atoms with Crippen LogP contribution in [0.3, 0.4) is 0 Å². The van der Waals surface area contributed by atoms with Crippen molar-refractivity contribution in [3.8, 4) is 0 Å². The summed E-state index contributed by atoms with van der Waals surface area (Å²) in [6, 6.07) is -0.208. The Morgan fingerprint density at radius 1 is 1.21 bits per heavy atom. The molecule has 2 fully saturated rings. The Morgan fingerprint density at radius 3 is 2.54 bits per heavy atom. The molecule has 1 atom stereocenters. The molecular weight excluding hydrogens is 324 g/mol. The second-order valence-corrected chi connectivity index (χ2v) is 7.59. The number of nitrogens with one attached hydrogen (secondary N) is 1. The SMILES string of the molecule is C[C@H](C(=O)Nc1nccs1)N1CCN(C(=O)C2CCCCC2)CC1. The van der Waals surface area contributed by atoms with E-state index in [-0.39, 0.29) is 17.9 Å².